The Balaban J connectivity index is 2.05. The van der Waals surface area contributed by atoms with E-state index in [-0.39, 0.29) is 41.7 Å². The number of phenolic OH excluding ortho intramolecular Hbond substituents is 1. The summed E-state index contributed by atoms with van der Waals surface area (Å²) in [5.74, 6) is 0.260. The van der Waals surface area contributed by atoms with Gasteiger partial charge in [0, 0.05) is 6.04 Å². The quantitative estimate of drug-likeness (QED) is 0.689. The van der Waals surface area contributed by atoms with E-state index in [9.17, 15) is 14.7 Å². The van der Waals surface area contributed by atoms with Gasteiger partial charge in [0.15, 0.2) is 6.61 Å². The monoisotopic (exact) mass is 389 g/mol. The zero-order chi connectivity index (χ0) is 21.0. The second-order valence-corrected chi connectivity index (χ2v) is 8.83. The number of aromatic hydroxyl groups is 1. The molecule has 1 saturated carbocycles. The Hall–Kier alpha value is -2.04. The lowest BCUT2D eigenvalue weighted by Crippen LogP contribution is -2.45. The summed E-state index contributed by atoms with van der Waals surface area (Å²) < 4.78 is 5.23. The summed E-state index contributed by atoms with van der Waals surface area (Å²) in [6, 6.07) is 3.72. The van der Waals surface area contributed by atoms with Crippen molar-refractivity contribution in [2.45, 2.75) is 78.7 Å². The maximum Gasteiger partial charge on any atom is 0.342 e. The first kappa shape index (κ1) is 22.3. The summed E-state index contributed by atoms with van der Waals surface area (Å²) in [7, 11) is 0. The van der Waals surface area contributed by atoms with Gasteiger partial charge in [-0.1, -0.05) is 60.5 Å². The molecule has 156 valence electrons. The van der Waals surface area contributed by atoms with Crippen molar-refractivity contribution in [3.05, 3.63) is 28.8 Å². The van der Waals surface area contributed by atoms with E-state index >= 15 is 0 Å². The van der Waals surface area contributed by atoms with Crippen LogP contribution in [0.2, 0.25) is 0 Å². The van der Waals surface area contributed by atoms with Gasteiger partial charge in [-0.25, -0.2) is 4.79 Å². The van der Waals surface area contributed by atoms with E-state index in [1.807, 2.05) is 33.8 Å². The summed E-state index contributed by atoms with van der Waals surface area (Å²) in [5.41, 5.74) is 1.80. The Morgan fingerprint density at radius 2 is 1.82 bits per heavy atom. The summed E-state index contributed by atoms with van der Waals surface area (Å²) >= 11 is 0. The van der Waals surface area contributed by atoms with Crippen molar-refractivity contribution >= 4 is 11.9 Å². The molecule has 1 aromatic rings. The molecule has 0 bridgehead atoms. The van der Waals surface area contributed by atoms with Gasteiger partial charge in [-0.3, -0.25) is 4.79 Å². The van der Waals surface area contributed by atoms with E-state index in [0.29, 0.717) is 17.4 Å². The maximum atomic E-state index is 12.6. The second kappa shape index (κ2) is 9.44. The van der Waals surface area contributed by atoms with Crippen LogP contribution < -0.4 is 5.32 Å². The van der Waals surface area contributed by atoms with Crippen LogP contribution in [0.25, 0.3) is 0 Å². The van der Waals surface area contributed by atoms with Crippen LogP contribution in [0.3, 0.4) is 0 Å². The molecule has 0 spiro atoms. The minimum Gasteiger partial charge on any atom is -0.507 e. The standard InChI is InChI=1S/C23H35NO4/c1-13(2)17-10-18(14(3)4)22(26)19(11-17)23(27)28-12-21(25)24-20-9-7-8-15(5)16(20)6/h10-11,13-16,20,26H,7-9,12H2,1-6H3,(H,24,25). The highest BCUT2D eigenvalue weighted by atomic mass is 16.5. The predicted octanol–water partition coefficient (Wildman–Crippen LogP) is 4.74. The first-order valence-electron chi connectivity index (χ1n) is 10.4. The number of esters is 1. The average Bonchev–Trinajstić information content (AvgIpc) is 2.63. The van der Waals surface area contributed by atoms with Crippen molar-refractivity contribution in [3.8, 4) is 5.75 Å². The summed E-state index contributed by atoms with van der Waals surface area (Å²) in [6.45, 7) is 12.0. The van der Waals surface area contributed by atoms with E-state index in [1.54, 1.807) is 6.07 Å². The maximum absolute atomic E-state index is 12.6. The Morgan fingerprint density at radius 3 is 2.43 bits per heavy atom. The summed E-state index contributed by atoms with van der Waals surface area (Å²) in [5, 5.41) is 13.5. The van der Waals surface area contributed by atoms with Crippen LogP contribution in [0, 0.1) is 11.8 Å². The van der Waals surface area contributed by atoms with Crippen LogP contribution in [-0.2, 0) is 9.53 Å². The third-order valence-corrected chi connectivity index (χ3v) is 6.06. The van der Waals surface area contributed by atoms with Crippen LogP contribution in [0.4, 0.5) is 0 Å². The Morgan fingerprint density at radius 1 is 1.14 bits per heavy atom. The molecule has 3 unspecified atom stereocenters. The molecule has 1 aromatic carbocycles. The smallest absolute Gasteiger partial charge is 0.342 e. The Labute approximate surface area is 168 Å². The first-order chi connectivity index (χ1) is 13.1. The zero-order valence-corrected chi connectivity index (χ0v) is 18.0. The van der Waals surface area contributed by atoms with E-state index in [4.69, 9.17) is 4.74 Å². The number of benzene rings is 1. The molecule has 2 rings (SSSR count). The molecule has 1 amide bonds. The van der Waals surface area contributed by atoms with Crippen LogP contribution in [0.5, 0.6) is 5.75 Å². The molecule has 0 aliphatic heterocycles. The molecule has 28 heavy (non-hydrogen) atoms. The number of rotatable bonds is 6. The highest BCUT2D eigenvalue weighted by molar-refractivity contribution is 5.94. The number of phenols is 1. The largest absolute Gasteiger partial charge is 0.507 e. The van der Waals surface area contributed by atoms with Crippen molar-refractivity contribution in [1.29, 1.82) is 0 Å². The predicted molar refractivity (Wildman–Crippen MR) is 111 cm³/mol. The van der Waals surface area contributed by atoms with Crippen LogP contribution >= 0.6 is 0 Å². The normalized spacial score (nSPS) is 22.4. The molecular weight excluding hydrogens is 354 g/mol. The number of hydrogen-bond donors (Lipinski definition) is 2. The van der Waals surface area contributed by atoms with Crippen molar-refractivity contribution in [2.24, 2.45) is 11.8 Å². The van der Waals surface area contributed by atoms with Crippen LogP contribution in [0.15, 0.2) is 12.1 Å². The zero-order valence-electron chi connectivity index (χ0n) is 18.0. The number of carbonyl (C=O) groups is 2. The molecule has 0 aromatic heterocycles. The lowest BCUT2D eigenvalue weighted by Gasteiger charge is -2.34. The molecule has 0 saturated heterocycles. The van der Waals surface area contributed by atoms with Crippen molar-refractivity contribution in [1.82, 2.24) is 5.32 Å². The molecule has 0 heterocycles. The second-order valence-electron chi connectivity index (χ2n) is 8.83. The average molecular weight is 390 g/mol. The SMILES string of the molecule is CC(C)c1cc(C(=O)OCC(=O)NC2CCCC(C)C2C)c(O)c(C(C)C)c1. The fraction of sp³-hybridized carbons (Fsp3) is 0.652. The number of hydrogen-bond acceptors (Lipinski definition) is 4. The topological polar surface area (TPSA) is 75.6 Å². The molecule has 5 nitrogen and oxygen atoms in total. The van der Waals surface area contributed by atoms with E-state index in [2.05, 4.69) is 19.2 Å². The van der Waals surface area contributed by atoms with Crippen molar-refractivity contribution < 1.29 is 19.4 Å². The molecule has 5 heteroatoms. The molecule has 1 aliphatic rings. The van der Waals surface area contributed by atoms with Gasteiger partial charge in [0.1, 0.15) is 11.3 Å². The van der Waals surface area contributed by atoms with Crippen LogP contribution in [0.1, 0.15) is 94.1 Å². The van der Waals surface area contributed by atoms with Gasteiger partial charge >= 0.3 is 5.97 Å². The Bertz CT molecular complexity index is 711. The van der Waals surface area contributed by atoms with E-state index in [0.717, 1.165) is 18.4 Å². The third kappa shape index (κ3) is 5.27. The van der Waals surface area contributed by atoms with Crippen molar-refractivity contribution in [2.75, 3.05) is 6.61 Å². The first-order valence-corrected chi connectivity index (χ1v) is 10.4. The summed E-state index contributed by atoms with van der Waals surface area (Å²) in [4.78, 5) is 24.8. The fourth-order valence-corrected chi connectivity index (χ4v) is 3.85. The van der Waals surface area contributed by atoms with Crippen molar-refractivity contribution in [3.63, 3.8) is 0 Å². The molecule has 0 radical (unpaired) electrons. The number of carbonyl (C=O) groups excluding carboxylic acids is 2. The molecule has 1 fully saturated rings. The number of ether oxygens (including phenoxy) is 1. The minimum absolute atomic E-state index is 0.0560. The highest BCUT2D eigenvalue weighted by Crippen LogP contribution is 2.33. The lowest BCUT2D eigenvalue weighted by atomic mass is 9.78. The number of amides is 1. The lowest BCUT2D eigenvalue weighted by molar-refractivity contribution is -0.125. The number of nitrogens with one attached hydrogen (secondary N) is 1. The third-order valence-electron chi connectivity index (χ3n) is 6.06. The highest BCUT2D eigenvalue weighted by Gasteiger charge is 2.28. The van der Waals surface area contributed by atoms with E-state index < -0.39 is 5.97 Å². The Kier molecular flexibility index (Phi) is 7.50. The fourth-order valence-electron chi connectivity index (χ4n) is 3.85. The van der Waals surface area contributed by atoms with E-state index in [1.165, 1.54) is 6.42 Å². The van der Waals surface area contributed by atoms with Gasteiger partial charge in [-0.15, -0.1) is 0 Å². The summed E-state index contributed by atoms with van der Waals surface area (Å²) in [6.07, 6.45) is 3.25. The van der Waals surface area contributed by atoms with Gasteiger partial charge in [0.25, 0.3) is 5.91 Å². The molecular formula is C23H35NO4. The van der Waals surface area contributed by atoms with Crippen LogP contribution in [-0.4, -0.2) is 29.6 Å². The molecule has 2 N–H and O–H groups in total. The molecule has 3 atom stereocenters. The van der Waals surface area contributed by atoms with Gasteiger partial charge in [-0.05, 0) is 47.3 Å². The molecule has 1 aliphatic carbocycles. The van der Waals surface area contributed by atoms with Gasteiger partial charge in [0.2, 0.25) is 0 Å². The van der Waals surface area contributed by atoms with Gasteiger partial charge in [0.05, 0.1) is 0 Å². The minimum atomic E-state index is -0.665. The van der Waals surface area contributed by atoms with Gasteiger partial charge in [-0.2, -0.15) is 0 Å². The van der Waals surface area contributed by atoms with Gasteiger partial charge < -0.3 is 15.2 Å².